The number of hydrogen-bond acceptors (Lipinski definition) is 6. The Kier molecular flexibility index (Phi) is 8.39. The highest BCUT2D eigenvalue weighted by molar-refractivity contribution is 6.18. The summed E-state index contributed by atoms with van der Waals surface area (Å²) >= 11 is 5.78. The first-order valence-electron chi connectivity index (χ1n) is 11.5. The van der Waals surface area contributed by atoms with E-state index in [9.17, 15) is 0 Å². The van der Waals surface area contributed by atoms with Crippen molar-refractivity contribution in [3.63, 3.8) is 0 Å². The van der Waals surface area contributed by atoms with Crippen LogP contribution in [-0.2, 0) is 14.9 Å². The average molecular weight is 499 g/mol. The maximum Gasteiger partial charge on any atom is 0.188 e. The number of rotatable bonds is 11. The van der Waals surface area contributed by atoms with Gasteiger partial charge in [-0.05, 0) is 41.5 Å². The third-order valence-electron chi connectivity index (χ3n) is 6.22. The summed E-state index contributed by atoms with van der Waals surface area (Å²) in [5.74, 6) is 3.56. The van der Waals surface area contributed by atoms with Gasteiger partial charge in [0.1, 0.15) is 29.6 Å². The van der Waals surface area contributed by atoms with Crippen molar-refractivity contribution < 1.29 is 28.4 Å². The van der Waals surface area contributed by atoms with Crippen LogP contribution in [-0.4, -0.2) is 46.9 Å². The van der Waals surface area contributed by atoms with Crippen molar-refractivity contribution >= 4 is 11.6 Å². The van der Waals surface area contributed by atoms with Crippen LogP contribution in [0.2, 0.25) is 0 Å². The molecule has 1 heterocycles. The van der Waals surface area contributed by atoms with Crippen LogP contribution >= 0.6 is 11.6 Å². The van der Waals surface area contributed by atoms with Gasteiger partial charge in [-0.3, -0.25) is 0 Å². The Hall–Kier alpha value is -2.93. The van der Waals surface area contributed by atoms with E-state index in [0.29, 0.717) is 24.8 Å². The van der Waals surface area contributed by atoms with Gasteiger partial charge in [0.2, 0.25) is 0 Å². The number of halogens is 1. The predicted octanol–water partition coefficient (Wildman–Crippen LogP) is 5.75. The summed E-state index contributed by atoms with van der Waals surface area (Å²) in [4.78, 5) is 0. The van der Waals surface area contributed by atoms with Crippen molar-refractivity contribution in [1.29, 1.82) is 0 Å². The second kappa shape index (κ2) is 11.7. The van der Waals surface area contributed by atoms with Gasteiger partial charge in [-0.2, -0.15) is 0 Å². The highest BCUT2D eigenvalue weighted by Gasteiger charge is 2.43. The molecule has 0 fully saturated rings. The number of fused-ring (bicyclic) bond motifs is 1. The SMILES string of the molecule is COCOc1ccc(C2(C)COc3cc(OCOC)ccc3C2c2ccc(OCCCl)cc2)cc1. The largest absolute Gasteiger partial charge is 0.492 e. The molecule has 0 amide bonds. The minimum absolute atomic E-state index is 0.0375. The highest BCUT2D eigenvalue weighted by atomic mass is 35.5. The minimum atomic E-state index is -0.333. The van der Waals surface area contributed by atoms with Crippen LogP contribution in [0.3, 0.4) is 0 Å². The third kappa shape index (κ3) is 5.67. The lowest BCUT2D eigenvalue weighted by molar-refractivity contribution is 0.0505. The number of ether oxygens (including phenoxy) is 6. The Balaban J connectivity index is 1.72. The first kappa shape index (κ1) is 25.2. The molecule has 3 aromatic carbocycles. The summed E-state index contributed by atoms with van der Waals surface area (Å²) in [6.07, 6.45) is 0. The summed E-state index contributed by atoms with van der Waals surface area (Å²) in [5.41, 5.74) is 3.08. The lowest BCUT2D eigenvalue weighted by Crippen LogP contribution is -2.41. The molecule has 0 bridgehead atoms. The van der Waals surface area contributed by atoms with Gasteiger partial charge in [0.15, 0.2) is 13.6 Å². The van der Waals surface area contributed by atoms with Gasteiger partial charge in [0.05, 0.1) is 12.5 Å². The zero-order valence-electron chi connectivity index (χ0n) is 20.3. The molecule has 0 radical (unpaired) electrons. The lowest BCUT2D eigenvalue weighted by atomic mass is 9.65. The van der Waals surface area contributed by atoms with E-state index in [-0.39, 0.29) is 24.9 Å². The molecule has 0 saturated heterocycles. The van der Waals surface area contributed by atoms with Gasteiger partial charge in [0.25, 0.3) is 0 Å². The number of benzene rings is 3. The zero-order chi connectivity index (χ0) is 24.7. The van der Waals surface area contributed by atoms with E-state index in [1.807, 2.05) is 36.4 Å². The smallest absolute Gasteiger partial charge is 0.188 e. The van der Waals surface area contributed by atoms with E-state index in [4.69, 9.17) is 40.0 Å². The second-order valence-electron chi connectivity index (χ2n) is 8.57. The van der Waals surface area contributed by atoms with Crippen molar-refractivity contribution in [1.82, 2.24) is 0 Å². The Morgan fingerprint density at radius 1 is 0.829 bits per heavy atom. The number of methoxy groups -OCH3 is 2. The molecule has 3 aromatic rings. The molecule has 1 aliphatic heterocycles. The van der Waals surface area contributed by atoms with E-state index < -0.39 is 0 Å². The van der Waals surface area contributed by atoms with Gasteiger partial charge >= 0.3 is 0 Å². The molecule has 4 rings (SSSR count). The van der Waals surface area contributed by atoms with Gasteiger partial charge in [-0.15, -0.1) is 11.6 Å². The van der Waals surface area contributed by atoms with E-state index >= 15 is 0 Å². The Labute approximate surface area is 211 Å². The van der Waals surface area contributed by atoms with E-state index in [1.165, 1.54) is 5.56 Å². The maximum absolute atomic E-state index is 6.33. The molecule has 186 valence electrons. The summed E-state index contributed by atoms with van der Waals surface area (Å²) in [5, 5.41) is 0. The van der Waals surface area contributed by atoms with Gasteiger partial charge < -0.3 is 28.4 Å². The molecule has 0 saturated carbocycles. The molecule has 35 heavy (non-hydrogen) atoms. The molecule has 0 aliphatic carbocycles. The van der Waals surface area contributed by atoms with Crippen LogP contribution in [0.15, 0.2) is 66.7 Å². The molecule has 0 N–H and O–H groups in total. The summed E-state index contributed by atoms with van der Waals surface area (Å²) in [6, 6.07) is 22.3. The summed E-state index contributed by atoms with van der Waals surface area (Å²) in [7, 11) is 3.21. The Bertz CT molecular complexity index is 1090. The van der Waals surface area contributed by atoms with Gasteiger partial charge in [-0.1, -0.05) is 37.3 Å². The summed E-state index contributed by atoms with van der Waals surface area (Å²) < 4.78 is 33.3. The fourth-order valence-corrected chi connectivity index (χ4v) is 4.60. The van der Waals surface area contributed by atoms with Crippen LogP contribution < -0.4 is 18.9 Å². The minimum Gasteiger partial charge on any atom is -0.492 e. The van der Waals surface area contributed by atoms with Crippen molar-refractivity contribution in [3.05, 3.63) is 83.4 Å². The van der Waals surface area contributed by atoms with Crippen LogP contribution in [0.4, 0.5) is 0 Å². The highest BCUT2D eigenvalue weighted by Crippen LogP contribution is 2.51. The fourth-order valence-electron chi connectivity index (χ4n) is 4.52. The third-order valence-corrected chi connectivity index (χ3v) is 6.37. The van der Waals surface area contributed by atoms with Crippen LogP contribution in [0.5, 0.6) is 23.0 Å². The van der Waals surface area contributed by atoms with Crippen LogP contribution in [0.25, 0.3) is 0 Å². The molecule has 0 aromatic heterocycles. The molecule has 1 aliphatic rings. The summed E-state index contributed by atoms with van der Waals surface area (Å²) in [6.45, 7) is 3.60. The van der Waals surface area contributed by atoms with Gasteiger partial charge in [-0.25, -0.2) is 0 Å². The predicted molar refractivity (Wildman–Crippen MR) is 135 cm³/mol. The van der Waals surface area contributed by atoms with Crippen LogP contribution in [0, 0.1) is 0 Å². The van der Waals surface area contributed by atoms with E-state index in [0.717, 1.165) is 28.4 Å². The van der Waals surface area contributed by atoms with Crippen LogP contribution in [0.1, 0.15) is 29.5 Å². The maximum atomic E-state index is 6.33. The molecule has 0 spiro atoms. The lowest BCUT2D eigenvalue weighted by Gasteiger charge is -2.43. The van der Waals surface area contributed by atoms with Crippen molar-refractivity contribution in [2.75, 3.05) is 46.9 Å². The first-order chi connectivity index (χ1) is 17.1. The molecular formula is C28H31ClO6. The Morgan fingerprint density at radius 3 is 2.09 bits per heavy atom. The van der Waals surface area contributed by atoms with Crippen molar-refractivity contribution in [3.8, 4) is 23.0 Å². The molecule has 7 heteroatoms. The topological polar surface area (TPSA) is 55.4 Å². The van der Waals surface area contributed by atoms with Crippen molar-refractivity contribution in [2.24, 2.45) is 0 Å². The number of hydrogen-bond donors (Lipinski definition) is 0. The van der Waals surface area contributed by atoms with Crippen molar-refractivity contribution in [2.45, 2.75) is 18.3 Å². The average Bonchev–Trinajstić information content (AvgIpc) is 2.90. The first-order valence-corrected chi connectivity index (χ1v) is 12.0. The van der Waals surface area contributed by atoms with E-state index in [2.05, 4.69) is 37.3 Å². The fraction of sp³-hybridized carbons (Fsp3) is 0.357. The molecule has 2 unspecified atom stereocenters. The van der Waals surface area contributed by atoms with E-state index in [1.54, 1.807) is 14.2 Å². The van der Waals surface area contributed by atoms with Gasteiger partial charge in [0, 0.05) is 37.2 Å². The monoisotopic (exact) mass is 498 g/mol. The number of alkyl halides is 1. The molecule has 2 atom stereocenters. The molecular weight excluding hydrogens is 468 g/mol. The normalized spacial score (nSPS) is 18.9. The quantitative estimate of drug-likeness (QED) is 0.248. The molecule has 6 nitrogen and oxygen atoms in total. The zero-order valence-corrected chi connectivity index (χ0v) is 21.0. The second-order valence-corrected chi connectivity index (χ2v) is 8.95. The Morgan fingerprint density at radius 2 is 1.43 bits per heavy atom. The standard InChI is InChI=1S/C28H31ClO6/c1-28(21-6-10-23(11-7-21)34-18-30-2)17-33-26-16-24(35-19-31-3)12-13-25(26)27(28)20-4-8-22(9-5-20)32-15-14-29/h4-13,16,27H,14-15,17-19H2,1-3H3.